The monoisotopic (exact) mass is 575 g/mol. The van der Waals surface area contributed by atoms with Crippen molar-refractivity contribution in [2.24, 2.45) is 4.99 Å². The van der Waals surface area contributed by atoms with E-state index in [-0.39, 0.29) is 42.3 Å². The van der Waals surface area contributed by atoms with Gasteiger partial charge in [-0.2, -0.15) is 0 Å². The van der Waals surface area contributed by atoms with Crippen molar-refractivity contribution in [3.63, 3.8) is 0 Å². The van der Waals surface area contributed by atoms with Gasteiger partial charge in [0.15, 0.2) is 5.96 Å². The molecule has 0 bridgehead atoms. The van der Waals surface area contributed by atoms with Crippen molar-refractivity contribution >= 4 is 65.0 Å². The lowest BCUT2D eigenvalue weighted by Crippen LogP contribution is -2.49. The van der Waals surface area contributed by atoms with Crippen LogP contribution in [0.15, 0.2) is 47.5 Å². The van der Waals surface area contributed by atoms with Crippen molar-refractivity contribution in [3.05, 3.63) is 69.2 Å². The van der Waals surface area contributed by atoms with Gasteiger partial charge in [0.05, 0.1) is 6.54 Å². The van der Waals surface area contributed by atoms with Gasteiger partial charge in [0.2, 0.25) is 5.91 Å². The molecular weight excluding hydrogens is 552 g/mol. The van der Waals surface area contributed by atoms with E-state index in [0.717, 1.165) is 11.1 Å². The number of carbonyl (C=O) groups is 2. The van der Waals surface area contributed by atoms with Crippen molar-refractivity contribution in [3.8, 4) is 0 Å². The molecule has 2 aromatic carbocycles. The highest BCUT2D eigenvalue weighted by Crippen LogP contribution is 2.20. The summed E-state index contributed by atoms with van der Waals surface area (Å²) < 4.78 is 0. The van der Waals surface area contributed by atoms with E-state index < -0.39 is 0 Å². The Labute approximate surface area is 208 Å². The Balaban J connectivity index is 0.00000341. The van der Waals surface area contributed by atoms with E-state index in [1.165, 1.54) is 0 Å². The van der Waals surface area contributed by atoms with E-state index in [2.05, 4.69) is 20.9 Å². The largest absolute Gasteiger partial charge is 0.353 e. The number of aliphatic imine (C=N–C) groups is 1. The first kappa shape index (κ1) is 25.2. The van der Waals surface area contributed by atoms with Crippen molar-refractivity contribution in [1.29, 1.82) is 0 Å². The van der Waals surface area contributed by atoms with Crippen LogP contribution < -0.4 is 16.0 Å². The fraction of sp³-hybridized carbons (Fsp3) is 0.286. The molecule has 1 heterocycles. The molecular formula is C21H24Cl2IN5O2. The Morgan fingerprint density at radius 3 is 2.48 bits per heavy atom. The van der Waals surface area contributed by atoms with E-state index in [4.69, 9.17) is 23.2 Å². The average molecular weight is 576 g/mol. The smallest absolute Gasteiger partial charge is 0.254 e. The number of piperazine rings is 1. The van der Waals surface area contributed by atoms with Crippen LogP contribution in [0.3, 0.4) is 0 Å². The Morgan fingerprint density at radius 1 is 1.13 bits per heavy atom. The highest BCUT2D eigenvalue weighted by Gasteiger charge is 2.22. The number of amides is 2. The van der Waals surface area contributed by atoms with Crippen molar-refractivity contribution < 1.29 is 9.59 Å². The number of nitrogens with zero attached hydrogens (tertiary/aromatic N) is 2. The summed E-state index contributed by atoms with van der Waals surface area (Å²) in [4.78, 5) is 29.8. The molecule has 0 saturated carbocycles. The van der Waals surface area contributed by atoms with Gasteiger partial charge in [-0.25, -0.2) is 0 Å². The summed E-state index contributed by atoms with van der Waals surface area (Å²) in [6.45, 7) is 2.15. The van der Waals surface area contributed by atoms with Crippen LogP contribution >= 0.6 is 47.2 Å². The van der Waals surface area contributed by atoms with Crippen LogP contribution in [0.5, 0.6) is 0 Å². The Hall–Kier alpha value is -2.04. The molecule has 0 aliphatic carbocycles. The van der Waals surface area contributed by atoms with E-state index in [9.17, 15) is 9.59 Å². The minimum absolute atomic E-state index is 0. The molecule has 10 heteroatoms. The molecule has 0 atom stereocenters. The van der Waals surface area contributed by atoms with Crippen LogP contribution in [0, 0.1) is 0 Å². The molecule has 2 aromatic rings. The number of guanidine groups is 1. The average Bonchev–Trinajstić information content (AvgIpc) is 2.75. The molecule has 3 rings (SSSR count). The molecule has 0 radical (unpaired) electrons. The normalized spacial score (nSPS) is 13.8. The van der Waals surface area contributed by atoms with Crippen molar-refractivity contribution in [2.45, 2.75) is 13.1 Å². The third-order valence-electron chi connectivity index (χ3n) is 4.67. The Morgan fingerprint density at radius 2 is 1.84 bits per heavy atom. The van der Waals surface area contributed by atoms with Gasteiger partial charge >= 0.3 is 0 Å². The molecule has 3 N–H and O–H groups in total. The van der Waals surface area contributed by atoms with Crippen LogP contribution in [-0.4, -0.2) is 49.4 Å². The Bertz CT molecular complexity index is 953. The fourth-order valence-corrected chi connectivity index (χ4v) is 3.49. The van der Waals surface area contributed by atoms with Crippen LogP contribution in [-0.2, 0) is 17.9 Å². The summed E-state index contributed by atoms with van der Waals surface area (Å²) >= 11 is 12.1. The van der Waals surface area contributed by atoms with Crippen LogP contribution in [0.4, 0.5) is 0 Å². The number of rotatable bonds is 5. The zero-order valence-corrected chi connectivity index (χ0v) is 20.8. The molecule has 1 saturated heterocycles. The van der Waals surface area contributed by atoms with Crippen molar-refractivity contribution in [1.82, 2.24) is 20.9 Å². The number of benzene rings is 2. The minimum atomic E-state index is -0.137. The van der Waals surface area contributed by atoms with E-state index in [1.54, 1.807) is 36.2 Å². The van der Waals surface area contributed by atoms with Gasteiger partial charge in [-0.3, -0.25) is 14.6 Å². The number of halogens is 3. The summed E-state index contributed by atoms with van der Waals surface area (Å²) in [5.41, 5.74) is 2.47. The number of carbonyl (C=O) groups excluding carboxylic acids is 2. The van der Waals surface area contributed by atoms with Gasteiger partial charge in [-0.1, -0.05) is 41.4 Å². The SMILES string of the molecule is CN=C(NCc1ccc(C(=O)N2CCNC(=O)C2)cc1)NCc1ccc(Cl)cc1Cl.I. The quantitative estimate of drug-likeness (QED) is 0.291. The van der Waals surface area contributed by atoms with Gasteiger partial charge in [-0.05, 0) is 35.4 Å². The number of nitrogens with one attached hydrogen (secondary N) is 3. The summed E-state index contributed by atoms with van der Waals surface area (Å²) in [5, 5.41) is 10.3. The molecule has 166 valence electrons. The van der Waals surface area contributed by atoms with E-state index in [1.807, 2.05) is 18.2 Å². The predicted octanol–water partition coefficient (Wildman–Crippen LogP) is 3.05. The molecule has 0 unspecified atom stereocenters. The summed E-state index contributed by atoms with van der Waals surface area (Å²) in [7, 11) is 1.69. The summed E-state index contributed by atoms with van der Waals surface area (Å²) in [6.07, 6.45) is 0. The van der Waals surface area contributed by atoms with Crippen LogP contribution in [0.2, 0.25) is 10.0 Å². The number of hydrogen-bond donors (Lipinski definition) is 3. The van der Waals surface area contributed by atoms with E-state index >= 15 is 0 Å². The van der Waals surface area contributed by atoms with Crippen molar-refractivity contribution in [2.75, 3.05) is 26.7 Å². The second-order valence-corrected chi connectivity index (χ2v) is 7.63. The summed E-state index contributed by atoms with van der Waals surface area (Å²) in [5.74, 6) is 0.358. The molecule has 0 spiro atoms. The number of hydrogen-bond acceptors (Lipinski definition) is 3. The maximum Gasteiger partial charge on any atom is 0.254 e. The topological polar surface area (TPSA) is 85.8 Å². The molecule has 1 aliphatic heterocycles. The molecule has 31 heavy (non-hydrogen) atoms. The van der Waals surface area contributed by atoms with Crippen LogP contribution in [0.1, 0.15) is 21.5 Å². The van der Waals surface area contributed by atoms with Gasteiger partial charge in [0.25, 0.3) is 5.91 Å². The summed E-state index contributed by atoms with van der Waals surface area (Å²) in [6, 6.07) is 12.7. The van der Waals surface area contributed by atoms with Gasteiger partial charge in [-0.15, -0.1) is 24.0 Å². The lowest BCUT2D eigenvalue weighted by atomic mass is 10.1. The zero-order chi connectivity index (χ0) is 21.5. The standard InChI is InChI=1S/C21H23Cl2N5O2.HI/c1-24-21(27-12-16-6-7-17(22)10-18(16)23)26-11-14-2-4-15(5-3-14)20(30)28-9-8-25-19(29)13-28;/h2-7,10H,8-9,11-13H2,1H3,(H,25,29)(H2,24,26,27);1H. The second-order valence-electron chi connectivity index (χ2n) is 6.79. The van der Waals surface area contributed by atoms with E-state index in [0.29, 0.717) is 47.7 Å². The molecule has 1 aliphatic rings. The minimum Gasteiger partial charge on any atom is -0.353 e. The first-order valence-corrected chi connectivity index (χ1v) is 10.2. The maximum absolute atomic E-state index is 12.5. The lowest BCUT2D eigenvalue weighted by molar-refractivity contribution is -0.123. The first-order valence-electron chi connectivity index (χ1n) is 9.49. The molecule has 1 fully saturated rings. The van der Waals surface area contributed by atoms with Gasteiger partial charge in [0, 0.05) is 48.8 Å². The maximum atomic E-state index is 12.5. The second kappa shape index (κ2) is 12.1. The van der Waals surface area contributed by atoms with Crippen LogP contribution in [0.25, 0.3) is 0 Å². The van der Waals surface area contributed by atoms with Gasteiger partial charge < -0.3 is 20.9 Å². The van der Waals surface area contributed by atoms with Gasteiger partial charge in [0.1, 0.15) is 0 Å². The molecule has 2 amide bonds. The highest BCUT2D eigenvalue weighted by atomic mass is 127. The predicted molar refractivity (Wildman–Crippen MR) is 134 cm³/mol. The third-order valence-corrected chi connectivity index (χ3v) is 5.26. The Kier molecular flexibility index (Phi) is 9.86. The lowest BCUT2D eigenvalue weighted by Gasteiger charge is -2.26. The molecule has 7 nitrogen and oxygen atoms in total. The zero-order valence-electron chi connectivity index (χ0n) is 17.0. The molecule has 0 aromatic heterocycles. The third kappa shape index (κ3) is 7.26. The fourth-order valence-electron chi connectivity index (χ4n) is 3.01. The first-order chi connectivity index (χ1) is 14.5. The highest BCUT2D eigenvalue weighted by molar-refractivity contribution is 14.0.